The maximum absolute atomic E-state index is 10.3. The number of nitrogens with zero attached hydrogens (tertiary/aromatic N) is 1. The minimum atomic E-state index is -0.587. The highest BCUT2D eigenvalue weighted by atomic mass is 35.5. The number of aliphatic hydroxyl groups excluding tert-OH is 1. The highest BCUT2D eigenvalue weighted by Gasteiger charge is 2.22. The molecule has 1 aliphatic rings. The Bertz CT molecular complexity index is 509. The number of hydrogen-bond donors (Lipinski definition) is 3. The van der Waals surface area contributed by atoms with Gasteiger partial charge in [-0.25, -0.2) is 0 Å². The highest BCUT2D eigenvalue weighted by molar-refractivity contribution is 7.99. The van der Waals surface area contributed by atoms with Gasteiger partial charge in [0.1, 0.15) is 0 Å². The average Bonchev–Trinajstić information content (AvgIpc) is 2.59. The molecule has 3 unspecified atom stereocenters. The molecular formula is C17H26ClN3OS. The monoisotopic (exact) mass is 355 g/mol. The van der Waals surface area contributed by atoms with Gasteiger partial charge in [-0.2, -0.15) is 11.8 Å². The van der Waals surface area contributed by atoms with Crippen LogP contribution in [0, 0.1) is 0 Å². The topological polar surface area (TPSA) is 56.7 Å². The van der Waals surface area contributed by atoms with Crippen molar-refractivity contribution in [3.05, 3.63) is 34.9 Å². The van der Waals surface area contributed by atoms with Crippen molar-refractivity contribution >= 4 is 29.3 Å². The zero-order valence-electron chi connectivity index (χ0n) is 13.8. The lowest BCUT2D eigenvalue weighted by molar-refractivity contribution is 0.180. The summed E-state index contributed by atoms with van der Waals surface area (Å²) in [4.78, 5) is 4.27. The molecule has 1 aromatic carbocycles. The Kier molecular flexibility index (Phi) is 7.53. The van der Waals surface area contributed by atoms with E-state index in [2.05, 4.69) is 21.9 Å². The number of aliphatic imine (C=N–C) groups is 1. The maximum Gasteiger partial charge on any atom is 0.191 e. The molecule has 0 bridgehead atoms. The van der Waals surface area contributed by atoms with Crippen LogP contribution >= 0.6 is 23.4 Å². The zero-order valence-corrected chi connectivity index (χ0v) is 15.3. The molecule has 6 heteroatoms. The van der Waals surface area contributed by atoms with Crippen LogP contribution in [0.3, 0.4) is 0 Å². The van der Waals surface area contributed by atoms with E-state index in [0.717, 1.165) is 16.8 Å². The number of guanidine groups is 1. The summed E-state index contributed by atoms with van der Waals surface area (Å²) < 4.78 is 0. The third-order valence-corrected chi connectivity index (χ3v) is 5.59. The molecule has 23 heavy (non-hydrogen) atoms. The number of aliphatic hydroxyl groups is 1. The first-order valence-electron chi connectivity index (χ1n) is 8.06. The van der Waals surface area contributed by atoms with Gasteiger partial charge < -0.3 is 15.7 Å². The van der Waals surface area contributed by atoms with Gasteiger partial charge in [-0.05, 0) is 43.2 Å². The van der Waals surface area contributed by atoms with Crippen LogP contribution in [-0.4, -0.2) is 42.2 Å². The molecule has 2 rings (SSSR count). The van der Waals surface area contributed by atoms with Gasteiger partial charge in [0.15, 0.2) is 5.96 Å². The summed E-state index contributed by atoms with van der Waals surface area (Å²) >= 11 is 7.82. The number of hydrogen-bond acceptors (Lipinski definition) is 3. The van der Waals surface area contributed by atoms with Crippen LogP contribution in [0.15, 0.2) is 29.3 Å². The molecule has 3 N–H and O–H groups in total. The van der Waals surface area contributed by atoms with Crippen molar-refractivity contribution in [2.45, 2.75) is 43.1 Å². The lowest BCUT2D eigenvalue weighted by Gasteiger charge is -2.30. The Hall–Kier alpha value is -0.910. The van der Waals surface area contributed by atoms with Gasteiger partial charge in [-0.3, -0.25) is 4.99 Å². The minimum Gasteiger partial charge on any atom is -0.387 e. The van der Waals surface area contributed by atoms with E-state index >= 15 is 0 Å². The molecule has 1 fully saturated rings. The molecule has 3 atom stereocenters. The molecular weight excluding hydrogens is 330 g/mol. The van der Waals surface area contributed by atoms with Gasteiger partial charge in [-0.1, -0.05) is 30.2 Å². The van der Waals surface area contributed by atoms with Gasteiger partial charge in [0, 0.05) is 29.9 Å². The fraction of sp³-hybridized carbons (Fsp3) is 0.588. The first kappa shape index (κ1) is 18.4. The molecule has 1 aliphatic carbocycles. The summed E-state index contributed by atoms with van der Waals surface area (Å²) in [6.45, 7) is 0.417. The van der Waals surface area contributed by atoms with Crippen molar-refractivity contribution in [3.8, 4) is 0 Å². The first-order chi connectivity index (χ1) is 11.1. The Labute approximate surface area is 148 Å². The minimum absolute atomic E-state index is 0.417. The molecule has 128 valence electrons. The third kappa shape index (κ3) is 5.90. The molecule has 0 aromatic heterocycles. The average molecular weight is 356 g/mol. The van der Waals surface area contributed by atoms with E-state index in [1.807, 2.05) is 23.9 Å². The maximum atomic E-state index is 10.3. The van der Waals surface area contributed by atoms with Crippen LogP contribution < -0.4 is 10.6 Å². The predicted molar refractivity (Wildman–Crippen MR) is 100 cm³/mol. The molecule has 4 nitrogen and oxygen atoms in total. The van der Waals surface area contributed by atoms with Gasteiger partial charge in [-0.15, -0.1) is 0 Å². The first-order valence-corrected chi connectivity index (χ1v) is 9.72. The molecule has 0 spiro atoms. The summed E-state index contributed by atoms with van der Waals surface area (Å²) in [7, 11) is 1.76. The normalized spacial score (nSPS) is 23.4. The SMILES string of the molecule is CN=C(NCC(O)c1ccc(Cl)cc1)NC1CCCC(SC)C1. The number of rotatable bonds is 5. The van der Waals surface area contributed by atoms with Crippen LogP contribution in [0.4, 0.5) is 0 Å². The highest BCUT2D eigenvalue weighted by Crippen LogP contribution is 2.26. The molecule has 0 aliphatic heterocycles. The van der Waals surface area contributed by atoms with E-state index < -0.39 is 6.10 Å². The summed E-state index contributed by atoms with van der Waals surface area (Å²) in [6, 6.07) is 7.72. The predicted octanol–water partition coefficient (Wildman–Crippen LogP) is 3.21. The smallest absolute Gasteiger partial charge is 0.191 e. The summed E-state index contributed by atoms with van der Waals surface area (Å²) in [6.07, 6.45) is 6.51. The lowest BCUT2D eigenvalue weighted by atomic mass is 9.95. The van der Waals surface area contributed by atoms with Crippen molar-refractivity contribution in [2.24, 2.45) is 4.99 Å². The Morgan fingerprint density at radius 3 is 2.78 bits per heavy atom. The fourth-order valence-corrected chi connectivity index (χ4v) is 3.83. The standard InChI is InChI=1S/C17H26ClN3OS/c1-19-17(21-14-4-3-5-15(10-14)23-2)20-11-16(22)12-6-8-13(18)9-7-12/h6-9,14-16,22H,3-5,10-11H2,1-2H3,(H2,19,20,21). The van der Waals surface area contributed by atoms with Crippen molar-refractivity contribution < 1.29 is 5.11 Å². The molecule has 1 saturated carbocycles. The van der Waals surface area contributed by atoms with E-state index in [-0.39, 0.29) is 0 Å². The summed E-state index contributed by atoms with van der Waals surface area (Å²) in [5.74, 6) is 0.754. The van der Waals surface area contributed by atoms with Gasteiger partial charge in [0.25, 0.3) is 0 Å². The summed E-state index contributed by atoms with van der Waals surface area (Å²) in [5, 5.41) is 18.3. The van der Waals surface area contributed by atoms with Crippen LogP contribution in [-0.2, 0) is 0 Å². The molecule has 0 saturated heterocycles. The Balaban J connectivity index is 1.81. The Morgan fingerprint density at radius 2 is 2.13 bits per heavy atom. The number of nitrogens with one attached hydrogen (secondary N) is 2. The van der Waals surface area contributed by atoms with Crippen LogP contribution in [0.1, 0.15) is 37.4 Å². The van der Waals surface area contributed by atoms with Crippen molar-refractivity contribution in [2.75, 3.05) is 19.8 Å². The van der Waals surface area contributed by atoms with Crippen molar-refractivity contribution in [3.63, 3.8) is 0 Å². The van der Waals surface area contributed by atoms with Crippen molar-refractivity contribution in [1.82, 2.24) is 10.6 Å². The number of thioether (sulfide) groups is 1. The third-order valence-electron chi connectivity index (χ3n) is 4.24. The van der Waals surface area contributed by atoms with Crippen LogP contribution in [0.2, 0.25) is 5.02 Å². The van der Waals surface area contributed by atoms with E-state index in [9.17, 15) is 5.11 Å². The van der Waals surface area contributed by atoms with Crippen LogP contribution in [0.5, 0.6) is 0 Å². The second-order valence-electron chi connectivity index (χ2n) is 5.89. The van der Waals surface area contributed by atoms with E-state index in [1.54, 1.807) is 19.2 Å². The van der Waals surface area contributed by atoms with E-state index in [1.165, 1.54) is 25.7 Å². The quantitative estimate of drug-likeness (QED) is 0.560. The lowest BCUT2D eigenvalue weighted by Crippen LogP contribution is -2.46. The summed E-state index contributed by atoms with van der Waals surface area (Å²) in [5.41, 5.74) is 0.845. The molecule has 1 aromatic rings. The molecule has 0 radical (unpaired) electrons. The van der Waals surface area contributed by atoms with E-state index in [0.29, 0.717) is 17.6 Å². The fourth-order valence-electron chi connectivity index (χ4n) is 2.87. The van der Waals surface area contributed by atoms with E-state index in [4.69, 9.17) is 11.6 Å². The number of benzene rings is 1. The van der Waals surface area contributed by atoms with Crippen molar-refractivity contribution in [1.29, 1.82) is 0 Å². The molecule has 0 heterocycles. The van der Waals surface area contributed by atoms with Gasteiger partial charge in [0.05, 0.1) is 6.10 Å². The van der Waals surface area contributed by atoms with Gasteiger partial charge in [0.2, 0.25) is 0 Å². The largest absolute Gasteiger partial charge is 0.387 e. The second-order valence-corrected chi connectivity index (χ2v) is 7.46. The molecule has 0 amide bonds. The second kappa shape index (κ2) is 9.40. The van der Waals surface area contributed by atoms with Gasteiger partial charge >= 0.3 is 0 Å². The number of halogens is 1. The zero-order chi connectivity index (χ0) is 16.7. The Morgan fingerprint density at radius 1 is 1.39 bits per heavy atom. The van der Waals surface area contributed by atoms with Crippen LogP contribution in [0.25, 0.3) is 0 Å².